The van der Waals surface area contributed by atoms with Gasteiger partial charge in [-0.05, 0) is 37.6 Å². The Balaban J connectivity index is 0.00000200. The standard InChI is InChI=1S/C14H19BrN2O2.ClH/c1-16-10-13(18)17-14(6-8-19-9-7-14)11-2-4-12(15)5-3-11;/h2-5,16H,6-10H2,1H3,(H,17,18);1H. The second kappa shape index (κ2) is 7.98. The first-order valence-corrected chi connectivity index (χ1v) is 7.25. The Labute approximate surface area is 134 Å². The summed E-state index contributed by atoms with van der Waals surface area (Å²) < 4.78 is 6.48. The van der Waals surface area contributed by atoms with Crippen molar-refractivity contribution in [3.05, 3.63) is 34.3 Å². The highest BCUT2D eigenvalue weighted by Crippen LogP contribution is 2.32. The molecule has 0 spiro atoms. The Morgan fingerprint density at radius 3 is 2.45 bits per heavy atom. The van der Waals surface area contributed by atoms with Gasteiger partial charge in [0.1, 0.15) is 0 Å². The van der Waals surface area contributed by atoms with Gasteiger partial charge in [-0.2, -0.15) is 0 Å². The van der Waals surface area contributed by atoms with E-state index in [0.717, 1.165) is 22.9 Å². The zero-order valence-electron chi connectivity index (χ0n) is 11.4. The number of benzene rings is 1. The molecule has 1 amide bonds. The number of carbonyl (C=O) groups excluding carboxylic acids is 1. The van der Waals surface area contributed by atoms with E-state index in [1.54, 1.807) is 7.05 Å². The van der Waals surface area contributed by atoms with Crippen LogP contribution in [0.5, 0.6) is 0 Å². The van der Waals surface area contributed by atoms with Crippen molar-refractivity contribution in [2.24, 2.45) is 0 Å². The van der Waals surface area contributed by atoms with Gasteiger partial charge in [-0.25, -0.2) is 0 Å². The number of hydrogen-bond donors (Lipinski definition) is 2. The molecule has 1 fully saturated rings. The highest BCUT2D eigenvalue weighted by atomic mass is 79.9. The van der Waals surface area contributed by atoms with Crippen LogP contribution in [-0.4, -0.2) is 32.7 Å². The summed E-state index contributed by atoms with van der Waals surface area (Å²) >= 11 is 3.44. The molecule has 20 heavy (non-hydrogen) atoms. The molecule has 1 heterocycles. The van der Waals surface area contributed by atoms with E-state index in [1.165, 1.54) is 0 Å². The Bertz CT molecular complexity index is 433. The SMILES string of the molecule is CNCC(=O)NC1(c2ccc(Br)cc2)CCOCC1.Cl. The number of ether oxygens (including phenoxy) is 1. The van der Waals surface area contributed by atoms with Gasteiger partial charge >= 0.3 is 0 Å². The van der Waals surface area contributed by atoms with Crippen molar-refractivity contribution >= 4 is 34.2 Å². The van der Waals surface area contributed by atoms with E-state index in [4.69, 9.17) is 4.74 Å². The second-order valence-electron chi connectivity index (χ2n) is 4.78. The van der Waals surface area contributed by atoms with Gasteiger partial charge in [0.25, 0.3) is 0 Å². The van der Waals surface area contributed by atoms with E-state index in [1.807, 2.05) is 12.1 Å². The number of likely N-dealkylation sites (N-methyl/N-ethyl adjacent to an activating group) is 1. The molecule has 1 aliphatic heterocycles. The molecule has 0 aliphatic carbocycles. The topological polar surface area (TPSA) is 50.4 Å². The molecule has 0 radical (unpaired) electrons. The van der Waals surface area contributed by atoms with Crippen LogP contribution in [0.15, 0.2) is 28.7 Å². The molecule has 1 saturated heterocycles. The van der Waals surface area contributed by atoms with E-state index < -0.39 is 0 Å². The summed E-state index contributed by atoms with van der Waals surface area (Å²) in [7, 11) is 1.77. The van der Waals surface area contributed by atoms with Gasteiger partial charge in [-0.15, -0.1) is 12.4 Å². The molecule has 0 atom stereocenters. The van der Waals surface area contributed by atoms with Gasteiger partial charge in [-0.1, -0.05) is 28.1 Å². The molecule has 1 aromatic rings. The average molecular weight is 364 g/mol. The normalized spacial score (nSPS) is 17.1. The number of carbonyl (C=O) groups is 1. The van der Waals surface area contributed by atoms with Crippen molar-refractivity contribution in [2.45, 2.75) is 18.4 Å². The molecule has 0 aromatic heterocycles. The Hall–Kier alpha value is -0.620. The van der Waals surface area contributed by atoms with Gasteiger partial charge in [0.2, 0.25) is 5.91 Å². The van der Waals surface area contributed by atoms with Crippen molar-refractivity contribution in [1.82, 2.24) is 10.6 Å². The lowest BCUT2D eigenvalue weighted by Crippen LogP contribution is -2.51. The quantitative estimate of drug-likeness (QED) is 0.862. The molecule has 112 valence electrons. The third kappa shape index (κ3) is 4.19. The van der Waals surface area contributed by atoms with E-state index >= 15 is 0 Å². The van der Waals surface area contributed by atoms with Crippen LogP contribution in [0.25, 0.3) is 0 Å². The molecule has 4 nitrogen and oxygen atoms in total. The van der Waals surface area contributed by atoms with Crippen molar-refractivity contribution in [3.8, 4) is 0 Å². The van der Waals surface area contributed by atoms with Crippen LogP contribution in [0.2, 0.25) is 0 Å². The lowest BCUT2D eigenvalue weighted by Gasteiger charge is -2.38. The summed E-state index contributed by atoms with van der Waals surface area (Å²) in [5.74, 6) is 0.0207. The van der Waals surface area contributed by atoms with Crippen LogP contribution < -0.4 is 10.6 Å². The summed E-state index contributed by atoms with van der Waals surface area (Å²) in [5.41, 5.74) is 0.843. The van der Waals surface area contributed by atoms with Crippen LogP contribution in [0.1, 0.15) is 18.4 Å². The van der Waals surface area contributed by atoms with Crippen molar-refractivity contribution in [2.75, 3.05) is 26.8 Å². The molecule has 0 unspecified atom stereocenters. The van der Waals surface area contributed by atoms with E-state index in [2.05, 4.69) is 38.7 Å². The van der Waals surface area contributed by atoms with Crippen molar-refractivity contribution in [1.29, 1.82) is 0 Å². The molecule has 1 aliphatic rings. The maximum Gasteiger partial charge on any atom is 0.234 e. The van der Waals surface area contributed by atoms with Crippen LogP contribution in [0.3, 0.4) is 0 Å². The van der Waals surface area contributed by atoms with E-state index in [-0.39, 0.29) is 23.9 Å². The molecule has 0 bridgehead atoms. The summed E-state index contributed by atoms with van der Waals surface area (Å²) in [5, 5.41) is 6.06. The minimum atomic E-state index is -0.299. The zero-order chi connectivity index (χ0) is 13.7. The van der Waals surface area contributed by atoms with Crippen LogP contribution >= 0.6 is 28.3 Å². The highest BCUT2D eigenvalue weighted by molar-refractivity contribution is 9.10. The second-order valence-corrected chi connectivity index (χ2v) is 5.70. The molecule has 2 rings (SSSR count). The van der Waals surface area contributed by atoms with Gasteiger partial charge in [0.15, 0.2) is 0 Å². The fourth-order valence-corrected chi connectivity index (χ4v) is 2.71. The molecular weight excluding hydrogens is 344 g/mol. The lowest BCUT2D eigenvalue weighted by molar-refractivity contribution is -0.123. The van der Waals surface area contributed by atoms with Gasteiger partial charge in [0.05, 0.1) is 12.1 Å². The first-order chi connectivity index (χ1) is 9.16. The molecular formula is C14H20BrClN2O2. The third-order valence-electron chi connectivity index (χ3n) is 3.46. The average Bonchev–Trinajstić information content (AvgIpc) is 2.40. The van der Waals surface area contributed by atoms with E-state index in [0.29, 0.717) is 19.8 Å². The summed E-state index contributed by atoms with van der Waals surface area (Å²) in [6.45, 7) is 1.69. The minimum Gasteiger partial charge on any atom is -0.381 e. The maximum atomic E-state index is 11.9. The highest BCUT2D eigenvalue weighted by Gasteiger charge is 2.35. The molecule has 1 aromatic carbocycles. The fourth-order valence-electron chi connectivity index (χ4n) is 2.45. The molecule has 0 saturated carbocycles. The molecule has 6 heteroatoms. The summed E-state index contributed by atoms with van der Waals surface area (Å²) in [6, 6.07) is 8.15. The minimum absolute atomic E-state index is 0. The number of nitrogens with one attached hydrogen (secondary N) is 2. The van der Waals surface area contributed by atoms with Crippen LogP contribution in [-0.2, 0) is 15.1 Å². The Morgan fingerprint density at radius 2 is 1.90 bits per heavy atom. The predicted molar refractivity (Wildman–Crippen MR) is 85.2 cm³/mol. The largest absolute Gasteiger partial charge is 0.381 e. The summed E-state index contributed by atoms with van der Waals surface area (Å²) in [6.07, 6.45) is 1.62. The van der Waals surface area contributed by atoms with E-state index in [9.17, 15) is 4.79 Å². The Morgan fingerprint density at radius 1 is 1.30 bits per heavy atom. The summed E-state index contributed by atoms with van der Waals surface area (Å²) in [4.78, 5) is 11.9. The maximum absolute atomic E-state index is 11.9. The number of rotatable bonds is 4. The number of amides is 1. The van der Waals surface area contributed by atoms with Crippen molar-refractivity contribution in [3.63, 3.8) is 0 Å². The number of hydrogen-bond acceptors (Lipinski definition) is 3. The monoisotopic (exact) mass is 362 g/mol. The van der Waals surface area contributed by atoms with Gasteiger partial charge in [-0.3, -0.25) is 4.79 Å². The predicted octanol–water partition coefficient (Wildman–Crippen LogP) is 2.21. The smallest absolute Gasteiger partial charge is 0.234 e. The molecule has 2 N–H and O–H groups in total. The lowest BCUT2D eigenvalue weighted by atomic mass is 9.82. The Kier molecular flexibility index (Phi) is 6.95. The first-order valence-electron chi connectivity index (χ1n) is 6.46. The zero-order valence-corrected chi connectivity index (χ0v) is 13.9. The van der Waals surface area contributed by atoms with Crippen molar-refractivity contribution < 1.29 is 9.53 Å². The first kappa shape index (κ1) is 17.4. The fraction of sp³-hybridized carbons (Fsp3) is 0.500. The van der Waals surface area contributed by atoms with Crippen LogP contribution in [0.4, 0.5) is 0 Å². The van der Waals surface area contributed by atoms with Crippen LogP contribution in [0, 0.1) is 0 Å². The third-order valence-corrected chi connectivity index (χ3v) is 3.99. The number of halogens is 2. The van der Waals surface area contributed by atoms with Gasteiger partial charge in [0, 0.05) is 17.7 Å². The van der Waals surface area contributed by atoms with Gasteiger partial charge < -0.3 is 15.4 Å².